The zero-order valence-electron chi connectivity index (χ0n) is 27.6. The molecule has 6 aromatic rings. The number of carbonyl (C=O) groups is 1. The van der Waals surface area contributed by atoms with Crippen LogP contribution < -0.4 is 4.74 Å². The van der Waals surface area contributed by atoms with Gasteiger partial charge >= 0.3 is 16.3 Å². The first-order valence-corrected chi connectivity index (χ1v) is 19.8. The minimum Gasteiger partial charge on any atom is -0.497 e. The lowest BCUT2D eigenvalue weighted by Gasteiger charge is -2.39. The monoisotopic (exact) mass is 778 g/mol. The maximum absolute atomic E-state index is 14.1. The lowest BCUT2D eigenvalue weighted by Crippen LogP contribution is -2.15. The van der Waals surface area contributed by atoms with Gasteiger partial charge in [-0.1, -0.05) is 77.5 Å². The normalized spacial score (nSPS) is 13.6. The maximum Gasteiger partial charge on any atom is 0.416 e. The van der Waals surface area contributed by atoms with Gasteiger partial charge in [0.25, 0.3) is 0 Å². The number of aryl methyl sites for hydroxylation is 1. The second-order valence-electron chi connectivity index (χ2n) is 11.5. The highest BCUT2D eigenvalue weighted by Crippen LogP contribution is 2.70. The van der Waals surface area contributed by atoms with Crippen LogP contribution in [0.4, 0.5) is 13.2 Å². The highest BCUT2D eigenvalue weighted by Gasteiger charge is 2.39. The molecular formula is C40H30ClF3O5S3. The Morgan fingerprint density at radius 1 is 0.673 bits per heavy atom. The number of rotatable bonds is 11. The molecule has 12 heteroatoms. The third-order valence-electron chi connectivity index (χ3n) is 8.03. The fourth-order valence-corrected chi connectivity index (χ4v) is 11.8. The molecule has 0 amide bonds. The van der Waals surface area contributed by atoms with Crippen molar-refractivity contribution in [2.75, 3.05) is 7.11 Å². The van der Waals surface area contributed by atoms with E-state index < -0.39 is 32.2 Å². The number of ketones is 1. The van der Waals surface area contributed by atoms with Crippen LogP contribution in [-0.4, -0.2) is 21.3 Å². The predicted octanol–water partition coefficient (Wildman–Crippen LogP) is 11.7. The number of methoxy groups -OCH3 is 1. The summed E-state index contributed by atoms with van der Waals surface area (Å²) in [5.74, 6) is 0.241. The minimum absolute atomic E-state index is 0.112. The Hall–Kier alpha value is -4.52. The average Bonchev–Trinajstić information content (AvgIpc) is 3.14. The number of benzene rings is 6. The summed E-state index contributed by atoms with van der Waals surface area (Å²) in [6, 6.07) is 37.8. The molecule has 0 aromatic heterocycles. The SMILES string of the molecule is COc1ccc(S(OS(=O)(=O)c2ccc(C)cc2)(c2ccc(Sc3cccc(Cl)c3C(=O)c3ccccc3)cc2)c2ccc(C(F)(F)F)cc2)cc1. The Morgan fingerprint density at radius 2 is 1.21 bits per heavy atom. The van der Waals surface area contributed by atoms with Crippen molar-refractivity contribution in [2.24, 2.45) is 0 Å². The molecule has 0 N–H and O–H groups in total. The maximum atomic E-state index is 14.1. The molecule has 0 radical (unpaired) electrons. The van der Waals surface area contributed by atoms with Gasteiger partial charge in [-0.3, -0.25) is 4.79 Å². The van der Waals surface area contributed by atoms with Crippen LogP contribution in [0.2, 0.25) is 5.02 Å². The molecular weight excluding hydrogens is 749 g/mol. The zero-order chi connectivity index (χ0) is 37.1. The molecule has 52 heavy (non-hydrogen) atoms. The Labute approximate surface area is 311 Å². The summed E-state index contributed by atoms with van der Waals surface area (Å²) in [5, 5.41) is 0.287. The third kappa shape index (κ3) is 7.79. The van der Waals surface area contributed by atoms with E-state index in [1.807, 2.05) is 13.0 Å². The molecule has 0 saturated heterocycles. The molecule has 266 valence electrons. The largest absolute Gasteiger partial charge is 0.497 e. The Morgan fingerprint density at radius 3 is 1.77 bits per heavy atom. The van der Waals surface area contributed by atoms with Gasteiger partial charge in [0.1, 0.15) is 5.75 Å². The van der Waals surface area contributed by atoms with E-state index in [4.69, 9.17) is 20.0 Å². The quantitative estimate of drug-likeness (QED) is 0.122. The van der Waals surface area contributed by atoms with Gasteiger partial charge in [0, 0.05) is 30.0 Å². The van der Waals surface area contributed by atoms with Crippen molar-refractivity contribution >= 4 is 49.6 Å². The number of carbonyl (C=O) groups excluding carboxylic acids is 1. The fourth-order valence-electron chi connectivity index (χ4n) is 5.38. The van der Waals surface area contributed by atoms with Crippen LogP contribution >= 0.6 is 33.7 Å². The van der Waals surface area contributed by atoms with Crippen molar-refractivity contribution in [2.45, 2.75) is 42.5 Å². The van der Waals surface area contributed by atoms with Crippen LogP contribution in [0.5, 0.6) is 5.75 Å². The van der Waals surface area contributed by atoms with Crippen molar-refractivity contribution in [1.29, 1.82) is 0 Å². The second kappa shape index (κ2) is 15.2. The van der Waals surface area contributed by atoms with Gasteiger partial charge in [-0.25, -0.2) is 3.63 Å². The summed E-state index contributed by atoms with van der Waals surface area (Å²) in [5.41, 5.74) is 0.746. The average molecular weight is 779 g/mol. The molecule has 0 saturated carbocycles. The van der Waals surface area contributed by atoms with Crippen LogP contribution in [-0.2, 0) is 19.9 Å². The smallest absolute Gasteiger partial charge is 0.416 e. The van der Waals surface area contributed by atoms with E-state index in [-0.39, 0.29) is 20.6 Å². The predicted molar refractivity (Wildman–Crippen MR) is 198 cm³/mol. The third-order valence-corrected chi connectivity index (χ3v) is 14.6. The van der Waals surface area contributed by atoms with Gasteiger partial charge in [-0.2, -0.15) is 21.6 Å². The van der Waals surface area contributed by atoms with E-state index in [1.54, 1.807) is 103 Å². The van der Waals surface area contributed by atoms with Crippen molar-refractivity contribution in [3.05, 3.63) is 173 Å². The summed E-state index contributed by atoms with van der Waals surface area (Å²) < 4.78 is 81.1. The molecule has 0 aliphatic rings. The number of alkyl halides is 3. The highest BCUT2D eigenvalue weighted by molar-refractivity contribution is 8.33. The van der Waals surface area contributed by atoms with Crippen LogP contribution in [0.3, 0.4) is 0 Å². The zero-order valence-corrected chi connectivity index (χ0v) is 30.8. The molecule has 0 aliphatic heterocycles. The van der Waals surface area contributed by atoms with E-state index in [9.17, 15) is 26.4 Å². The molecule has 0 aliphatic carbocycles. The summed E-state index contributed by atoms with van der Waals surface area (Å²) in [6.45, 7) is 1.82. The Balaban J connectivity index is 1.50. The van der Waals surface area contributed by atoms with Gasteiger partial charge in [0.05, 0.1) is 28.2 Å². The number of hydrogen-bond acceptors (Lipinski definition) is 6. The number of ether oxygens (including phenoxy) is 1. The molecule has 6 rings (SSSR count). The summed E-state index contributed by atoms with van der Waals surface area (Å²) in [7, 11) is -6.31. The molecule has 0 heterocycles. The number of halogens is 4. The molecule has 0 bridgehead atoms. The highest BCUT2D eigenvalue weighted by atomic mass is 35.5. The number of hydrogen-bond donors (Lipinski definition) is 0. The van der Waals surface area contributed by atoms with Crippen LogP contribution in [0.1, 0.15) is 27.0 Å². The molecule has 6 aromatic carbocycles. The van der Waals surface area contributed by atoms with Crippen LogP contribution in [0, 0.1) is 6.92 Å². The molecule has 0 fully saturated rings. The van der Waals surface area contributed by atoms with Gasteiger partial charge < -0.3 is 4.74 Å². The van der Waals surface area contributed by atoms with Crippen molar-refractivity contribution in [3.63, 3.8) is 0 Å². The van der Waals surface area contributed by atoms with Gasteiger partial charge in [0.15, 0.2) is 5.78 Å². The first-order chi connectivity index (χ1) is 24.8. The molecule has 1 atom stereocenters. The van der Waals surface area contributed by atoms with Gasteiger partial charge in [0.2, 0.25) is 0 Å². The van der Waals surface area contributed by atoms with Gasteiger partial charge in [-0.05, 0) is 114 Å². The Bertz CT molecular complexity index is 2300. The van der Waals surface area contributed by atoms with Crippen molar-refractivity contribution < 1.29 is 34.7 Å². The lowest BCUT2D eigenvalue weighted by molar-refractivity contribution is -0.137. The Kier molecular flexibility index (Phi) is 10.9. The van der Waals surface area contributed by atoms with Crippen molar-refractivity contribution in [1.82, 2.24) is 0 Å². The summed E-state index contributed by atoms with van der Waals surface area (Å²) in [4.78, 5) is 15.7. The standard InChI is InChI=1S/C40H30ClF3O5S3/c1-27-11-19-35(20-12-27)52(46,47)49-51(33-23-15-30(48-2)16-24-33,32-21-13-29(14-22-32)40(42,43)44)34-25-17-31(18-26-34)50-37-10-6-9-36(41)38(37)39(45)28-7-4-3-5-8-28/h3-26H,1-2H3. The first-order valence-electron chi connectivity index (χ1n) is 15.7. The minimum atomic E-state index is -4.62. The summed E-state index contributed by atoms with van der Waals surface area (Å²) >= 11 is 7.85. The molecule has 1 unspecified atom stereocenters. The van der Waals surface area contributed by atoms with Crippen molar-refractivity contribution in [3.8, 4) is 5.75 Å². The van der Waals surface area contributed by atoms with Crippen LogP contribution in [0.15, 0.2) is 175 Å². The lowest BCUT2D eigenvalue weighted by atomic mass is 10.0. The van der Waals surface area contributed by atoms with E-state index in [0.717, 1.165) is 17.7 Å². The second-order valence-corrected chi connectivity index (χ2v) is 17.4. The topological polar surface area (TPSA) is 69.7 Å². The molecule has 0 spiro atoms. The van der Waals surface area contributed by atoms with E-state index in [0.29, 0.717) is 36.5 Å². The van der Waals surface area contributed by atoms with E-state index in [2.05, 4.69) is 0 Å². The van der Waals surface area contributed by atoms with E-state index >= 15 is 0 Å². The van der Waals surface area contributed by atoms with Crippen LogP contribution in [0.25, 0.3) is 0 Å². The van der Waals surface area contributed by atoms with E-state index in [1.165, 1.54) is 43.1 Å². The molecule has 5 nitrogen and oxygen atoms in total. The fraction of sp³-hybridized carbons (Fsp3) is 0.0750. The first kappa shape index (κ1) is 37.2. The van der Waals surface area contributed by atoms with Gasteiger partial charge in [-0.15, -0.1) is 0 Å². The summed E-state index contributed by atoms with van der Waals surface area (Å²) in [6.07, 6.45) is -4.62.